The molecule has 1 N–H and O–H groups in total. The Morgan fingerprint density at radius 1 is 1.21 bits per heavy atom. The highest BCUT2D eigenvalue weighted by Crippen LogP contribution is 2.35. The second kappa shape index (κ2) is 6.44. The molecule has 0 radical (unpaired) electrons. The fourth-order valence-corrected chi connectivity index (χ4v) is 2.74. The zero-order valence-electron chi connectivity index (χ0n) is 9.84. The van der Waals surface area contributed by atoms with Crippen LogP contribution in [-0.2, 0) is 0 Å². The van der Waals surface area contributed by atoms with Crippen LogP contribution in [0.3, 0.4) is 0 Å². The lowest BCUT2D eigenvalue weighted by molar-refractivity contribution is 0.0794. The van der Waals surface area contributed by atoms with E-state index >= 15 is 0 Å². The summed E-state index contributed by atoms with van der Waals surface area (Å²) in [5, 5.41) is 10.0. The summed E-state index contributed by atoms with van der Waals surface area (Å²) in [7, 11) is 0. The Bertz CT molecular complexity index is 144. The Morgan fingerprint density at radius 3 is 2.57 bits per heavy atom. The minimum absolute atomic E-state index is 0.00986. The van der Waals surface area contributed by atoms with Crippen LogP contribution in [0.4, 0.5) is 0 Å². The van der Waals surface area contributed by atoms with Gasteiger partial charge in [0.1, 0.15) is 0 Å². The van der Waals surface area contributed by atoms with Crippen molar-refractivity contribution in [1.29, 1.82) is 0 Å². The summed E-state index contributed by atoms with van der Waals surface area (Å²) in [5.41, 5.74) is 0. The molecule has 0 spiro atoms. The molecule has 1 heteroatoms. The van der Waals surface area contributed by atoms with Crippen LogP contribution in [0.1, 0.15) is 65.2 Å². The molecule has 3 unspecified atom stereocenters. The van der Waals surface area contributed by atoms with Gasteiger partial charge < -0.3 is 5.11 Å². The molecule has 1 rings (SSSR count). The number of hydrogen-bond donors (Lipinski definition) is 1. The van der Waals surface area contributed by atoms with Gasteiger partial charge in [0.2, 0.25) is 0 Å². The van der Waals surface area contributed by atoms with Gasteiger partial charge >= 0.3 is 0 Å². The van der Waals surface area contributed by atoms with E-state index in [1.54, 1.807) is 0 Å². The first-order valence-corrected chi connectivity index (χ1v) is 6.43. The number of rotatable bonds is 6. The molecule has 1 aliphatic rings. The lowest BCUT2D eigenvalue weighted by Crippen LogP contribution is -2.22. The zero-order chi connectivity index (χ0) is 10.4. The van der Waals surface area contributed by atoms with E-state index in [9.17, 15) is 5.11 Å². The van der Waals surface area contributed by atoms with Gasteiger partial charge in [-0.2, -0.15) is 0 Å². The standard InChI is InChI=1S/C13H26O/c1-3-4-5-6-10-13(14)12-9-7-8-11(12)2/h11-14H,3-10H2,1-2H3. The van der Waals surface area contributed by atoms with E-state index in [0.29, 0.717) is 5.92 Å². The smallest absolute Gasteiger partial charge is 0.0570 e. The minimum Gasteiger partial charge on any atom is -0.393 e. The summed E-state index contributed by atoms with van der Waals surface area (Å²) >= 11 is 0. The van der Waals surface area contributed by atoms with Crippen molar-refractivity contribution in [2.24, 2.45) is 11.8 Å². The van der Waals surface area contributed by atoms with Crippen molar-refractivity contribution in [3.05, 3.63) is 0 Å². The molecule has 0 heterocycles. The monoisotopic (exact) mass is 198 g/mol. The Hall–Kier alpha value is -0.0400. The van der Waals surface area contributed by atoms with Crippen molar-refractivity contribution in [1.82, 2.24) is 0 Å². The third-order valence-electron chi connectivity index (χ3n) is 3.78. The first kappa shape index (κ1) is 12.0. The van der Waals surface area contributed by atoms with Crippen LogP contribution in [0.2, 0.25) is 0 Å². The second-order valence-corrected chi connectivity index (χ2v) is 4.99. The largest absolute Gasteiger partial charge is 0.393 e. The molecule has 84 valence electrons. The first-order chi connectivity index (χ1) is 6.75. The van der Waals surface area contributed by atoms with Crippen molar-refractivity contribution >= 4 is 0 Å². The van der Waals surface area contributed by atoms with Crippen LogP contribution in [0.15, 0.2) is 0 Å². The quantitative estimate of drug-likeness (QED) is 0.644. The number of aliphatic hydroxyl groups is 1. The van der Waals surface area contributed by atoms with Gasteiger partial charge in [-0.15, -0.1) is 0 Å². The molecule has 1 saturated carbocycles. The average Bonchev–Trinajstić information content (AvgIpc) is 2.59. The molecule has 1 aliphatic carbocycles. The van der Waals surface area contributed by atoms with Crippen molar-refractivity contribution in [3.63, 3.8) is 0 Å². The van der Waals surface area contributed by atoms with Gasteiger partial charge in [0.25, 0.3) is 0 Å². The maximum atomic E-state index is 10.0. The number of hydrogen-bond acceptors (Lipinski definition) is 1. The summed E-state index contributed by atoms with van der Waals surface area (Å²) in [6.45, 7) is 4.53. The van der Waals surface area contributed by atoms with Gasteiger partial charge in [-0.05, 0) is 24.7 Å². The highest BCUT2D eigenvalue weighted by molar-refractivity contribution is 4.79. The molecule has 3 atom stereocenters. The molecule has 0 aliphatic heterocycles. The summed E-state index contributed by atoms with van der Waals surface area (Å²) < 4.78 is 0. The third kappa shape index (κ3) is 3.61. The summed E-state index contributed by atoms with van der Waals surface area (Å²) in [5.74, 6) is 1.37. The van der Waals surface area contributed by atoms with Crippen LogP contribution in [-0.4, -0.2) is 11.2 Å². The lowest BCUT2D eigenvalue weighted by Gasteiger charge is -2.21. The Kier molecular flexibility index (Phi) is 5.54. The van der Waals surface area contributed by atoms with Crippen LogP contribution in [0.5, 0.6) is 0 Å². The highest BCUT2D eigenvalue weighted by atomic mass is 16.3. The predicted molar refractivity (Wildman–Crippen MR) is 61.3 cm³/mol. The van der Waals surface area contributed by atoms with E-state index in [4.69, 9.17) is 0 Å². The van der Waals surface area contributed by atoms with Gasteiger partial charge in [0.05, 0.1) is 6.10 Å². The first-order valence-electron chi connectivity index (χ1n) is 6.43. The molecule has 14 heavy (non-hydrogen) atoms. The van der Waals surface area contributed by atoms with Crippen LogP contribution in [0, 0.1) is 11.8 Å². The summed E-state index contributed by atoms with van der Waals surface area (Å²) in [6, 6.07) is 0. The molecule has 0 aromatic carbocycles. The van der Waals surface area contributed by atoms with E-state index in [1.165, 1.54) is 44.9 Å². The molecule has 0 saturated heterocycles. The minimum atomic E-state index is -0.00986. The van der Waals surface area contributed by atoms with Crippen LogP contribution >= 0.6 is 0 Å². The topological polar surface area (TPSA) is 20.2 Å². The van der Waals surface area contributed by atoms with Crippen LogP contribution in [0.25, 0.3) is 0 Å². The maximum Gasteiger partial charge on any atom is 0.0570 e. The Morgan fingerprint density at radius 2 is 2.00 bits per heavy atom. The normalized spacial score (nSPS) is 29.4. The number of unbranched alkanes of at least 4 members (excludes halogenated alkanes) is 3. The average molecular weight is 198 g/mol. The summed E-state index contributed by atoms with van der Waals surface area (Å²) in [6.07, 6.45) is 10.1. The van der Waals surface area contributed by atoms with E-state index < -0.39 is 0 Å². The van der Waals surface area contributed by atoms with Crippen molar-refractivity contribution in [2.45, 2.75) is 71.3 Å². The fraction of sp³-hybridized carbons (Fsp3) is 1.00. The molecule has 0 aromatic heterocycles. The van der Waals surface area contributed by atoms with Crippen molar-refractivity contribution in [3.8, 4) is 0 Å². The fourth-order valence-electron chi connectivity index (χ4n) is 2.74. The predicted octanol–water partition coefficient (Wildman–Crippen LogP) is 3.75. The zero-order valence-corrected chi connectivity index (χ0v) is 9.84. The SMILES string of the molecule is CCCCCCC(O)C1CCCC1C. The van der Waals surface area contributed by atoms with Crippen molar-refractivity contribution in [2.75, 3.05) is 0 Å². The summed E-state index contributed by atoms with van der Waals surface area (Å²) in [4.78, 5) is 0. The molecular formula is C13H26O. The van der Waals surface area contributed by atoms with Gasteiger partial charge in [-0.1, -0.05) is 52.4 Å². The maximum absolute atomic E-state index is 10.0. The van der Waals surface area contributed by atoms with Gasteiger partial charge in [0, 0.05) is 0 Å². The lowest BCUT2D eigenvalue weighted by atomic mass is 9.89. The van der Waals surface area contributed by atoms with E-state index in [0.717, 1.165) is 12.3 Å². The molecule has 1 fully saturated rings. The van der Waals surface area contributed by atoms with Gasteiger partial charge in [-0.3, -0.25) is 0 Å². The van der Waals surface area contributed by atoms with Crippen molar-refractivity contribution < 1.29 is 5.11 Å². The number of aliphatic hydroxyl groups excluding tert-OH is 1. The van der Waals surface area contributed by atoms with E-state index in [1.807, 2.05) is 0 Å². The molecular weight excluding hydrogens is 172 g/mol. The van der Waals surface area contributed by atoms with Gasteiger partial charge in [-0.25, -0.2) is 0 Å². The molecule has 0 aromatic rings. The Labute approximate surface area is 88.9 Å². The molecule has 1 nitrogen and oxygen atoms in total. The Balaban J connectivity index is 2.11. The van der Waals surface area contributed by atoms with E-state index in [2.05, 4.69) is 13.8 Å². The van der Waals surface area contributed by atoms with Crippen LogP contribution < -0.4 is 0 Å². The highest BCUT2D eigenvalue weighted by Gasteiger charge is 2.28. The second-order valence-electron chi connectivity index (χ2n) is 4.99. The van der Waals surface area contributed by atoms with E-state index in [-0.39, 0.29) is 6.10 Å². The van der Waals surface area contributed by atoms with Gasteiger partial charge in [0.15, 0.2) is 0 Å². The molecule has 0 bridgehead atoms. The molecule has 0 amide bonds. The third-order valence-corrected chi connectivity index (χ3v) is 3.78.